The summed E-state index contributed by atoms with van der Waals surface area (Å²) in [6.07, 6.45) is 2.74. The number of carbonyl (C=O) groups is 1. The molecule has 0 fully saturated rings. The molecule has 82 valence electrons. The molecule has 1 heterocycles. The van der Waals surface area contributed by atoms with E-state index in [2.05, 4.69) is 9.72 Å². The molecule has 1 aromatic rings. The molecule has 0 unspecified atom stereocenters. The summed E-state index contributed by atoms with van der Waals surface area (Å²) in [6, 6.07) is 2.69. The summed E-state index contributed by atoms with van der Waals surface area (Å²) >= 11 is 0. The molecule has 1 aromatic heterocycles. The quantitative estimate of drug-likeness (QED) is 0.726. The minimum Gasteiger partial charge on any atom is -0.487 e. The molecule has 0 aliphatic heterocycles. The van der Waals surface area contributed by atoms with E-state index in [-0.39, 0.29) is 0 Å². The Morgan fingerprint density at radius 1 is 1.60 bits per heavy atom. The van der Waals surface area contributed by atoms with Crippen LogP contribution in [-0.4, -0.2) is 30.2 Å². The van der Waals surface area contributed by atoms with Crippen LogP contribution in [0.1, 0.15) is 6.92 Å². The van der Waals surface area contributed by atoms with Crippen LogP contribution < -0.4 is 10.5 Å². The van der Waals surface area contributed by atoms with Crippen molar-refractivity contribution in [3.8, 4) is 5.75 Å². The first-order chi connectivity index (χ1) is 7.15. The van der Waals surface area contributed by atoms with E-state index in [1.807, 2.05) is 0 Å². The van der Waals surface area contributed by atoms with Gasteiger partial charge in [-0.3, -0.25) is 9.78 Å². The van der Waals surface area contributed by atoms with Gasteiger partial charge in [-0.1, -0.05) is 0 Å². The van der Waals surface area contributed by atoms with Crippen molar-refractivity contribution >= 4 is 5.97 Å². The molecule has 0 amide bonds. The van der Waals surface area contributed by atoms with E-state index in [0.717, 1.165) is 0 Å². The van der Waals surface area contributed by atoms with Gasteiger partial charge in [0.15, 0.2) is 0 Å². The van der Waals surface area contributed by atoms with Gasteiger partial charge in [0.1, 0.15) is 17.9 Å². The maximum Gasteiger partial charge on any atom is 0.326 e. The summed E-state index contributed by atoms with van der Waals surface area (Å²) in [5.41, 5.74) is 5.60. The van der Waals surface area contributed by atoms with Gasteiger partial charge in [0, 0.05) is 6.20 Å². The number of nitrogens with zero attached hydrogens (tertiary/aromatic N) is 1. The van der Waals surface area contributed by atoms with Gasteiger partial charge in [-0.25, -0.2) is 0 Å². The van der Waals surface area contributed by atoms with Crippen molar-refractivity contribution in [1.82, 2.24) is 4.98 Å². The standard InChI is InChI=1S/C10H14N2O3/c1-7(9(11)10(13)14-2)15-8-4-3-5-12-6-8/h3-7,9H,11H2,1-2H3/t7-,9-/m1/s1. The first-order valence-electron chi connectivity index (χ1n) is 4.55. The van der Waals surface area contributed by atoms with Gasteiger partial charge in [-0.15, -0.1) is 0 Å². The van der Waals surface area contributed by atoms with Crippen LogP contribution in [0.25, 0.3) is 0 Å². The molecule has 0 bridgehead atoms. The Morgan fingerprint density at radius 3 is 2.87 bits per heavy atom. The number of hydrogen-bond acceptors (Lipinski definition) is 5. The number of aromatic nitrogens is 1. The summed E-state index contributed by atoms with van der Waals surface area (Å²) in [5.74, 6) is 0.0794. The van der Waals surface area contributed by atoms with E-state index < -0.39 is 18.1 Å². The second-order valence-electron chi connectivity index (χ2n) is 3.06. The normalized spacial score (nSPS) is 14.1. The van der Waals surface area contributed by atoms with Crippen LogP contribution in [-0.2, 0) is 9.53 Å². The molecule has 0 aromatic carbocycles. The molecule has 2 N–H and O–H groups in total. The summed E-state index contributed by atoms with van der Waals surface area (Å²) in [7, 11) is 1.29. The van der Waals surface area contributed by atoms with E-state index in [9.17, 15) is 4.79 Å². The number of pyridine rings is 1. The lowest BCUT2D eigenvalue weighted by Gasteiger charge is -2.18. The molecule has 2 atom stereocenters. The maximum absolute atomic E-state index is 11.1. The maximum atomic E-state index is 11.1. The number of rotatable bonds is 4. The number of methoxy groups -OCH3 is 1. The number of ether oxygens (including phenoxy) is 2. The first kappa shape index (κ1) is 11.5. The molecular formula is C10H14N2O3. The SMILES string of the molecule is COC(=O)[C@H](N)[C@@H](C)Oc1cccnc1. The molecular weight excluding hydrogens is 196 g/mol. The fraction of sp³-hybridized carbons (Fsp3) is 0.400. The molecule has 15 heavy (non-hydrogen) atoms. The van der Waals surface area contributed by atoms with E-state index in [4.69, 9.17) is 10.5 Å². The zero-order valence-corrected chi connectivity index (χ0v) is 8.71. The van der Waals surface area contributed by atoms with Gasteiger partial charge in [0.2, 0.25) is 0 Å². The topological polar surface area (TPSA) is 74.4 Å². The number of nitrogens with two attached hydrogens (primary N) is 1. The highest BCUT2D eigenvalue weighted by molar-refractivity contribution is 5.76. The molecule has 0 saturated heterocycles. The zero-order chi connectivity index (χ0) is 11.3. The van der Waals surface area contributed by atoms with Crippen LogP contribution in [0.4, 0.5) is 0 Å². The Kier molecular flexibility index (Phi) is 4.05. The van der Waals surface area contributed by atoms with Crippen molar-refractivity contribution in [3.63, 3.8) is 0 Å². The molecule has 1 rings (SSSR count). The molecule has 0 saturated carbocycles. The van der Waals surface area contributed by atoms with E-state index >= 15 is 0 Å². The van der Waals surface area contributed by atoms with Crippen LogP contribution in [0.3, 0.4) is 0 Å². The Morgan fingerprint density at radius 2 is 2.33 bits per heavy atom. The highest BCUT2D eigenvalue weighted by atomic mass is 16.5. The fourth-order valence-electron chi connectivity index (χ4n) is 1.03. The predicted octanol–water partition coefficient (Wildman–Crippen LogP) is 0.349. The molecule has 0 radical (unpaired) electrons. The number of esters is 1. The van der Waals surface area contributed by atoms with Crippen LogP contribution in [0.2, 0.25) is 0 Å². The second-order valence-corrected chi connectivity index (χ2v) is 3.06. The van der Waals surface area contributed by atoms with Crippen molar-refractivity contribution < 1.29 is 14.3 Å². The van der Waals surface area contributed by atoms with E-state index in [0.29, 0.717) is 5.75 Å². The van der Waals surface area contributed by atoms with Gasteiger partial charge < -0.3 is 15.2 Å². The van der Waals surface area contributed by atoms with Gasteiger partial charge in [0.05, 0.1) is 13.3 Å². The highest BCUT2D eigenvalue weighted by Crippen LogP contribution is 2.10. The van der Waals surface area contributed by atoms with Gasteiger partial charge >= 0.3 is 5.97 Å². The molecule has 5 nitrogen and oxygen atoms in total. The first-order valence-corrected chi connectivity index (χ1v) is 4.55. The van der Waals surface area contributed by atoms with Crippen molar-refractivity contribution in [2.75, 3.05) is 7.11 Å². The van der Waals surface area contributed by atoms with E-state index in [1.54, 1.807) is 31.5 Å². The lowest BCUT2D eigenvalue weighted by Crippen LogP contribution is -2.44. The third-order valence-corrected chi connectivity index (χ3v) is 1.94. The molecule has 0 aliphatic rings. The summed E-state index contributed by atoms with van der Waals surface area (Å²) in [4.78, 5) is 15.0. The number of hydrogen-bond donors (Lipinski definition) is 1. The zero-order valence-electron chi connectivity index (χ0n) is 8.71. The highest BCUT2D eigenvalue weighted by Gasteiger charge is 2.22. The van der Waals surface area contributed by atoms with E-state index in [1.165, 1.54) is 7.11 Å². The van der Waals surface area contributed by atoms with Crippen LogP contribution in [0.15, 0.2) is 24.5 Å². The Labute approximate surface area is 88.2 Å². The van der Waals surface area contributed by atoms with Crippen LogP contribution in [0, 0.1) is 0 Å². The van der Waals surface area contributed by atoms with Crippen molar-refractivity contribution in [1.29, 1.82) is 0 Å². The third kappa shape index (κ3) is 3.21. The minimum atomic E-state index is -0.796. The van der Waals surface area contributed by atoms with Gasteiger partial charge in [-0.05, 0) is 19.1 Å². The fourth-order valence-corrected chi connectivity index (χ4v) is 1.03. The predicted molar refractivity (Wildman–Crippen MR) is 54.3 cm³/mol. The summed E-state index contributed by atoms with van der Waals surface area (Å²) in [6.45, 7) is 1.70. The Bertz CT molecular complexity index is 316. The van der Waals surface area contributed by atoms with Crippen molar-refractivity contribution in [3.05, 3.63) is 24.5 Å². The minimum absolute atomic E-state index is 0.457. The average molecular weight is 210 g/mol. The Hall–Kier alpha value is -1.62. The average Bonchev–Trinajstić information content (AvgIpc) is 2.28. The van der Waals surface area contributed by atoms with Gasteiger partial charge in [0.25, 0.3) is 0 Å². The lowest BCUT2D eigenvalue weighted by molar-refractivity contribution is -0.144. The molecule has 0 spiro atoms. The van der Waals surface area contributed by atoms with Crippen LogP contribution >= 0.6 is 0 Å². The third-order valence-electron chi connectivity index (χ3n) is 1.94. The largest absolute Gasteiger partial charge is 0.487 e. The molecule has 5 heteroatoms. The Balaban J connectivity index is 2.56. The number of carbonyl (C=O) groups excluding carboxylic acids is 1. The molecule has 0 aliphatic carbocycles. The monoisotopic (exact) mass is 210 g/mol. The lowest BCUT2D eigenvalue weighted by atomic mass is 10.2. The second kappa shape index (κ2) is 5.31. The summed E-state index contributed by atoms with van der Waals surface area (Å²) in [5, 5.41) is 0. The summed E-state index contributed by atoms with van der Waals surface area (Å²) < 4.78 is 9.92. The smallest absolute Gasteiger partial charge is 0.326 e. The van der Waals surface area contributed by atoms with Crippen molar-refractivity contribution in [2.24, 2.45) is 5.73 Å². The van der Waals surface area contributed by atoms with Crippen molar-refractivity contribution in [2.45, 2.75) is 19.1 Å². The van der Waals surface area contributed by atoms with Crippen LogP contribution in [0.5, 0.6) is 5.75 Å². The van der Waals surface area contributed by atoms with Gasteiger partial charge in [-0.2, -0.15) is 0 Å².